The van der Waals surface area contributed by atoms with Crippen molar-refractivity contribution < 1.29 is 19.1 Å². The van der Waals surface area contributed by atoms with Gasteiger partial charge in [-0.15, -0.1) is 0 Å². The molecule has 1 N–H and O–H groups in total. The van der Waals surface area contributed by atoms with Crippen LogP contribution in [0.5, 0.6) is 0 Å². The second-order valence-electron chi connectivity index (χ2n) is 11.4. The van der Waals surface area contributed by atoms with E-state index >= 15 is 0 Å². The minimum Gasteiger partial charge on any atom is -0.361 e. The molecule has 1 aromatic rings. The highest BCUT2D eigenvalue weighted by atomic mass is 16.5. The molecular weight excluding hydrogens is 514 g/mol. The van der Waals surface area contributed by atoms with Crippen LogP contribution in [0.15, 0.2) is 0 Å². The van der Waals surface area contributed by atoms with Gasteiger partial charge in [-0.25, -0.2) is 4.79 Å². The Morgan fingerprint density at radius 1 is 0.800 bits per heavy atom. The van der Waals surface area contributed by atoms with Crippen LogP contribution < -0.4 is 20.0 Å². The number of ether oxygens (including phenoxy) is 1. The number of fused-ring (bicyclic) bond motifs is 1. The number of rotatable bonds is 7. The minimum atomic E-state index is -1.05. The van der Waals surface area contributed by atoms with E-state index in [-0.39, 0.29) is 30.3 Å². The van der Waals surface area contributed by atoms with Gasteiger partial charge in [-0.2, -0.15) is 15.0 Å². The van der Waals surface area contributed by atoms with Crippen LogP contribution in [0.25, 0.3) is 0 Å². The van der Waals surface area contributed by atoms with Crippen LogP contribution in [0.1, 0.15) is 45.4 Å². The maximum absolute atomic E-state index is 13.1. The Morgan fingerprint density at radius 2 is 1.35 bits per heavy atom. The molecule has 40 heavy (non-hydrogen) atoms. The van der Waals surface area contributed by atoms with E-state index < -0.39 is 12.0 Å². The zero-order valence-electron chi connectivity index (χ0n) is 23.5. The van der Waals surface area contributed by atoms with E-state index in [0.29, 0.717) is 45.3 Å². The molecule has 5 aliphatic rings. The summed E-state index contributed by atoms with van der Waals surface area (Å²) in [7, 11) is 0. The summed E-state index contributed by atoms with van der Waals surface area (Å²) in [6.45, 7) is 9.12. The van der Waals surface area contributed by atoms with Crippen molar-refractivity contribution in [2.45, 2.75) is 57.6 Å². The van der Waals surface area contributed by atoms with E-state index in [1.165, 1.54) is 0 Å². The number of amides is 3. The van der Waals surface area contributed by atoms with Crippen molar-refractivity contribution >= 4 is 35.6 Å². The van der Waals surface area contributed by atoms with Crippen LogP contribution >= 0.6 is 0 Å². The van der Waals surface area contributed by atoms with Crippen LogP contribution in [-0.4, -0.2) is 127 Å². The predicted molar refractivity (Wildman–Crippen MR) is 149 cm³/mol. The van der Waals surface area contributed by atoms with E-state index in [4.69, 9.17) is 19.7 Å². The van der Waals surface area contributed by atoms with Crippen molar-refractivity contribution in [1.29, 1.82) is 0 Å². The molecule has 6 rings (SSSR count). The highest BCUT2D eigenvalue weighted by Gasteiger charge is 2.50. The van der Waals surface area contributed by atoms with E-state index in [0.717, 1.165) is 76.6 Å². The lowest BCUT2D eigenvalue weighted by atomic mass is 9.86. The number of Topliss-reactive ketones (excluding diaryl/α,β-unsaturated/α-hetero) is 1. The average Bonchev–Trinajstić information content (AvgIpc) is 3.78. The monoisotopic (exact) mass is 555 g/mol. The molecule has 218 valence electrons. The summed E-state index contributed by atoms with van der Waals surface area (Å²) in [6.07, 6.45) is 5.21. The van der Waals surface area contributed by atoms with Crippen molar-refractivity contribution in [2.75, 3.05) is 86.8 Å². The molecule has 0 radical (unpaired) electrons. The summed E-state index contributed by atoms with van der Waals surface area (Å²) < 4.78 is 5.51. The summed E-state index contributed by atoms with van der Waals surface area (Å²) in [6, 6.07) is -0.347. The van der Waals surface area contributed by atoms with Gasteiger partial charge in [-0.05, 0) is 45.4 Å². The Hall–Kier alpha value is -3.22. The van der Waals surface area contributed by atoms with Gasteiger partial charge in [0.15, 0.2) is 11.9 Å². The first-order valence-electron chi connectivity index (χ1n) is 15.0. The van der Waals surface area contributed by atoms with E-state index in [1.807, 2.05) is 0 Å². The Bertz CT molecular complexity index is 1070. The fourth-order valence-corrected chi connectivity index (χ4v) is 6.72. The Labute approximate surface area is 235 Å². The van der Waals surface area contributed by atoms with Gasteiger partial charge < -0.3 is 34.6 Å². The van der Waals surface area contributed by atoms with Gasteiger partial charge in [0.2, 0.25) is 17.8 Å². The normalized spacial score (nSPS) is 27.1. The molecular formula is C27H41N9O4. The standard InChI is InChI=1S/C27H41N9O4/c1-2-40-22-21(37)19(20-8-7-13-36(20)23(22)38)18-28-27(39)35-16-14-34(15-17-35)26-30-24(32-9-3-4-10-32)29-25(31-26)33-11-5-6-12-33/h19-20,22H,2-18H2,1H3,(H,28,39). The molecule has 0 saturated carbocycles. The third kappa shape index (κ3) is 5.27. The largest absolute Gasteiger partial charge is 0.361 e. The number of carbonyl (C=O) groups is 3. The Balaban J connectivity index is 1.08. The van der Waals surface area contributed by atoms with Crippen LogP contribution in [0.3, 0.4) is 0 Å². The molecule has 3 atom stereocenters. The summed E-state index contributed by atoms with van der Waals surface area (Å²) in [5.41, 5.74) is 0. The van der Waals surface area contributed by atoms with Gasteiger partial charge >= 0.3 is 6.03 Å². The van der Waals surface area contributed by atoms with Gasteiger partial charge in [-0.3, -0.25) is 9.59 Å². The van der Waals surface area contributed by atoms with Gasteiger partial charge in [0.1, 0.15) is 0 Å². The van der Waals surface area contributed by atoms with Crippen molar-refractivity contribution in [1.82, 2.24) is 30.1 Å². The van der Waals surface area contributed by atoms with Crippen LogP contribution in [0.2, 0.25) is 0 Å². The first kappa shape index (κ1) is 27.0. The smallest absolute Gasteiger partial charge is 0.317 e. The number of piperidine rings is 1. The lowest BCUT2D eigenvalue weighted by molar-refractivity contribution is -0.161. The first-order chi connectivity index (χ1) is 19.5. The molecule has 13 heteroatoms. The number of piperazine rings is 1. The molecule has 3 unspecified atom stereocenters. The van der Waals surface area contributed by atoms with E-state index in [9.17, 15) is 14.4 Å². The topological polar surface area (TPSA) is 127 Å². The number of nitrogens with zero attached hydrogens (tertiary/aromatic N) is 8. The zero-order chi connectivity index (χ0) is 27.6. The summed E-state index contributed by atoms with van der Waals surface area (Å²) in [4.78, 5) is 63.7. The molecule has 0 bridgehead atoms. The third-order valence-corrected chi connectivity index (χ3v) is 8.93. The third-order valence-electron chi connectivity index (χ3n) is 8.93. The molecule has 1 aromatic heterocycles. The lowest BCUT2D eigenvalue weighted by Crippen LogP contribution is -2.61. The molecule has 0 spiro atoms. The molecule has 0 aromatic carbocycles. The van der Waals surface area contributed by atoms with Crippen molar-refractivity contribution in [2.24, 2.45) is 5.92 Å². The second-order valence-corrected chi connectivity index (χ2v) is 11.4. The fraction of sp³-hybridized carbons (Fsp3) is 0.778. The number of anilines is 3. The predicted octanol–water partition coefficient (Wildman–Crippen LogP) is 0.499. The summed E-state index contributed by atoms with van der Waals surface area (Å²) in [5, 5.41) is 2.99. The molecule has 5 saturated heterocycles. The maximum Gasteiger partial charge on any atom is 0.317 e. The fourth-order valence-electron chi connectivity index (χ4n) is 6.72. The SMILES string of the molecule is CCOC1C(=O)C(CNC(=O)N2CCN(c3nc(N4CCCC4)nc(N4CCCC4)n3)CC2)C2CCCN2C1=O. The number of carbonyl (C=O) groups excluding carboxylic acids is 3. The maximum atomic E-state index is 13.1. The van der Waals surface area contributed by atoms with Gasteiger partial charge in [-0.1, -0.05) is 0 Å². The average molecular weight is 556 g/mol. The Kier molecular flexibility index (Phi) is 7.90. The second kappa shape index (κ2) is 11.7. The quantitative estimate of drug-likeness (QED) is 0.475. The summed E-state index contributed by atoms with van der Waals surface area (Å²) >= 11 is 0. The van der Waals surface area contributed by atoms with E-state index in [1.54, 1.807) is 16.7 Å². The minimum absolute atomic E-state index is 0.160. The molecule has 13 nitrogen and oxygen atoms in total. The highest BCUT2D eigenvalue weighted by molar-refractivity contribution is 6.08. The number of aromatic nitrogens is 3. The number of ketones is 1. The number of hydrogen-bond acceptors (Lipinski definition) is 10. The van der Waals surface area contributed by atoms with Crippen molar-refractivity contribution in [3.8, 4) is 0 Å². The molecule has 6 heterocycles. The lowest BCUT2D eigenvalue weighted by Gasteiger charge is -2.39. The van der Waals surface area contributed by atoms with Crippen LogP contribution in [0.4, 0.5) is 22.6 Å². The van der Waals surface area contributed by atoms with Crippen LogP contribution in [-0.2, 0) is 14.3 Å². The van der Waals surface area contributed by atoms with Crippen molar-refractivity contribution in [3.05, 3.63) is 0 Å². The molecule has 5 aliphatic heterocycles. The van der Waals surface area contributed by atoms with Gasteiger partial charge in [0.05, 0.1) is 5.92 Å². The molecule has 0 aliphatic carbocycles. The number of nitrogens with one attached hydrogen (secondary N) is 1. The van der Waals surface area contributed by atoms with Gasteiger partial charge in [0.25, 0.3) is 5.91 Å². The highest BCUT2D eigenvalue weighted by Crippen LogP contribution is 2.32. The van der Waals surface area contributed by atoms with E-state index in [2.05, 4.69) is 20.0 Å². The molecule has 5 fully saturated rings. The zero-order valence-corrected chi connectivity index (χ0v) is 23.5. The van der Waals surface area contributed by atoms with Crippen LogP contribution in [0, 0.1) is 5.92 Å². The Morgan fingerprint density at radius 3 is 1.90 bits per heavy atom. The number of urea groups is 1. The molecule has 3 amide bonds. The number of hydrogen-bond donors (Lipinski definition) is 1. The van der Waals surface area contributed by atoms with Gasteiger partial charge in [0, 0.05) is 78.1 Å². The first-order valence-corrected chi connectivity index (χ1v) is 15.0. The summed E-state index contributed by atoms with van der Waals surface area (Å²) in [5.74, 6) is 1.31. The van der Waals surface area contributed by atoms with Crippen molar-refractivity contribution in [3.63, 3.8) is 0 Å².